The van der Waals surface area contributed by atoms with Crippen molar-refractivity contribution in [3.05, 3.63) is 17.8 Å². The zero-order valence-corrected chi connectivity index (χ0v) is 12.3. The number of rotatable bonds is 3. The van der Waals surface area contributed by atoms with Gasteiger partial charge in [-0.1, -0.05) is 0 Å². The van der Waals surface area contributed by atoms with E-state index in [1.165, 1.54) is 0 Å². The summed E-state index contributed by atoms with van der Waals surface area (Å²) < 4.78 is 12.1. The Bertz CT molecular complexity index is 461. The van der Waals surface area contributed by atoms with Gasteiger partial charge in [0, 0.05) is 12.7 Å². The molecule has 1 aliphatic rings. The first-order valence-corrected chi connectivity index (χ1v) is 6.51. The highest BCUT2D eigenvalue weighted by molar-refractivity contribution is 6.62. The van der Waals surface area contributed by atoms with Gasteiger partial charge in [-0.2, -0.15) is 0 Å². The smallest absolute Gasteiger partial charge is 0.399 e. The standard InChI is InChI=1S/C13H22BN3O2/c1-12(2)13(3,4)19-14(18-12)10-6-11(15)17-8-9(10)7-16-5/h6,8,16H,7H2,1-5H3,(H2,15,17). The SMILES string of the molecule is CNCc1cnc(N)cc1B1OC(C)(C)C(C)(C)O1. The summed E-state index contributed by atoms with van der Waals surface area (Å²) in [5.41, 5.74) is 7.06. The number of nitrogens with one attached hydrogen (secondary N) is 1. The quantitative estimate of drug-likeness (QED) is 0.785. The van der Waals surface area contributed by atoms with Crippen LogP contribution in [0.2, 0.25) is 0 Å². The van der Waals surface area contributed by atoms with E-state index < -0.39 is 7.12 Å². The van der Waals surface area contributed by atoms with Gasteiger partial charge in [-0.25, -0.2) is 4.98 Å². The summed E-state index contributed by atoms with van der Waals surface area (Å²) in [4.78, 5) is 4.13. The van der Waals surface area contributed by atoms with Crippen LogP contribution in [0.1, 0.15) is 33.3 Å². The molecule has 1 fully saturated rings. The third kappa shape index (κ3) is 2.61. The van der Waals surface area contributed by atoms with Gasteiger partial charge < -0.3 is 20.4 Å². The minimum Gasteiger partial charge on any atom is -0.399 e. The molecule has 1 aliphatic heterocycles. The van der Waals surface area contributed by atoms with Crippen LogP contribution in [0.15, 0.2) is 12.3 Å². The molecule has 0 aromatic carbocycles. The topological polar surface area (TPSA) is 69.4 Å². The largest absolute Gasteiger partial charge is 0.495 e. The lowest BCUT2D eigenvalue weighted by Gasteiger charge is -2.32. The fourth-order valence-corrected chi connectivity index (χ4v) is 2.04. The van der Waals surface area contributed by atoms with Crippen molar-refractivity contribution in [1.29, 1.82) is 0 Å². The maximum absolute atomic E-state index is 6.06. The molecule has 0 amide bonds. The minimum absolute atomic E-state index is 0.355. The number of pyridine rings is 1. The van der Waals surface area contributed by atoms with Crippen molar-refractivity contribution in [2.24, 2.45) is 0 Å². The Kier molecular flexibility index (Phi) is 3.60. The van der Waals surface area contributed by atoms with Crippen molar-refractivity contribution in [2.45, 2.75) is 45.4 Å². The molecular weight excluding hydrogens is 241 g/mol. The summed E-state index contributed by atoms with van der Waals surface area (Å²) in [5.74, 6) is 0.476. The summed E-state index contributed by atoms with van der Waals surface area (Å²) in [7, 11) is 1.49. The molecule has 1 saturated heterocycles. The highest BCUT2D eigenvalue weighted by Crippen LogP contribution is 2.36. The number of hydrogen-bond acceptors (Lipinski definition) is 5. The molecule has 6 heteroatoms. The van der Waals surface area contributed by atoms with Crippen LogP contribution in [0.5, 0.6) is 0 Å². The van der Waals surface area contributed by atoms with Crippen LogP contribution in [0.3, 0.4) is 0 Å². The molecule has 0 saturated carbocycles. The zero-order chi connectivity index (χ0) is 14.3. The van der Waals surface area contributed by atoms with Crippen LogP contribution in [-0.4, -0.2) is 30.4 Å². The van der Waals surface area contributed by atoms with Crippen molar-refractivity contribution >= 4 is 18.4 Å². The van der Waals surface area contributed by atoms with Gasteiger partial charge in [0.25, 0.3) is 0 Å². The molecule has 1 aromatic rings. The van der Waals surface area contributed by atoms with Crippen molar-refractivity contribution in [1.82, 2.24) is 10.3 Å². The first-order valence-electron chi connectivity index (χ1n) is 6.51. The molecule has 5 nitrogen and oxygen atoms in total. The van der Waals surface area contributed by atoms with Crippen molar-refractivity contribution in [3.63, 3.8) is 0 Å². The Balaban J connectivity index is 2.35. The molecule has 104 valence electrons. The van der Waals surface area contributed by atoms with Crippen LogP contribution in [-0.2, 0) is 15.9 Å². The van der Waals surface area contributed by atoms with Crippen LogP contribution in [0.25, 0.3) is 0 Å². The summed E-state index contributed by atoms with van der Waals surface area (Å²) in [6.45, 7) is 8.85. The van der Waals surface area contributed by atoms with Gasteiger partial charge >= 0.3 is 7.12 Å². The summed E-state index contributed by atoms with van der Waals surface area (Å²) in [6, 6.07) is 1.83. The Labute approximate surface area is 115 Å². The number of nitrogens with zero attached hydrogens (tertiary/aromatic N) is 1. The average Bonchev–Trinajstić information content (AvgIpc) is 2.51. The predicted octanol–water partition coefficient (Wildman–Crippen LogP) is 0.682. The molecule has 1 aromatic heterocycles. The Morgan fingerprint density at radius 2 is 1.84 bits per heavy atom. The molecule has 0 radical (unpaired) electrons. The lowest BCUT2D eigenvalue weighted by Crippen LogP contribution is -2.41. The van der Waals surface area contributed by atoms with Gasteiger partial charge in [-0.3, -0.25) is 0 Å². The lowest BCUT2D eigenvalue weighted by atomic mass is 9.76. The highest BCUT2D eigenvalue weighted by Gasteiger charge is 2.52. The fourth-order valence-electron chi connectivity index (χ4n) is 2.04. The van der Waals surface area contributed by atoms with Gasteiger partial charge in [-0.15, -0.1) is 0 Å². The van der Waals surface area contributed by atoms with E-state index in [2.05, 4.69) is 10.3 Å². The molecule has 2 heterocycles. The van der Waals surface area contributed by atoms with Crippen LogP contribution in [0, 0.1) is 0 Å². The second-order valence-corrected chi connectivity index (χ2v) is 5.93. The molecule has 3 N–H and O–H groups in total. The van der Waals surface area contributed by atoms with Gasteiger partial charge in [-0.05, 0) is 51.8 Å². The third-order valence-electron chi connectivity index (χ3n) is 3.92. The third-order valence-corrected chi connectivity index (χ3v) is 3.92. The summed E-state index contributed by atoms with van der Waals surface area (Å²) >= 11 is 0. The van der Waals surface area contributed by atoms with Gasteiger partial charge in [0.2, 0.25) is 0 Å². The van der Waals surface area contributed by atoms with Gasteiger partial charge in [0.05, 0.1) is 11.2 Å². The van der Waals surface area contributed by atoms with E-state index in [9.17, 15) is 0 Å². The lowest BCUT2D eigenvalue weighted by molar-refractivity contribution is 0.00578. The highest BCUT2D eigenvalue weighted by atomic mass is 16.7. The van der Waals surface area contributed by atoms with E-state index in [1.807, 2.05) is 40.8 Å². The minimum atomic E-state index is -0.404. The van der Waals surface area contributed by atoms with Crippen molar-refractivity contribution < 1.29 is 9.31 Å². The molecular formula is C13H22BN3O2. The van der Waals surface area contributed by atoms with Gasteiger partial charge in [0.15, 0.2) is 0 Å². The van der Waals surface area contributed by atoms with E-state index in [4.69, 9.17) is 15.0 Å². The molecule has 2 rings (SSSR count). The van der Waals surface area contributed by atoms with E-state index >= 15 is 0 Å². The number of anilines is 1. The van der Waals surface area contributed by atoms with E-state index in [0.29, 0.717) is 12.4 Å². The van der Waals surface area contributed by atoms with Crippen molar-refractivity contribution in [3.8, 4) is 0 Å². The number of aromatic nitrogens is 1. The first kappa shape index (κ1) is 14.3. The normalized spacial score (nSPS) is 20.8. The average molecular weight is 263 g/mol. The molecule has 19 heavy (non-hydrogen) atoms. The van der Waals surface area contributed by atoms with E-state index in [-0.39, 0.29) is 11.2 Å². The Morgan fingerprint density at radius 1 is 1.26 bits per heavy atom. The van der Waals surface area contributed by atoms with Crippen LogP contribution >= 0.6 is 0 Å². The second kappa shape index (κ2) is 4.78. The summed E-state index contributed by atoms with van der Waals surface area (Å²) in [5, 5.41) is 3.12. The second-order valence-electron chi connectivity index (χ2n) is 5.93. The van der Waals surface area contributed by atoms with E-state index in [0.717, 1.165) is 11.0 Å². The predicted molar refractivity (Wildman–Crippen MR) is 77.1 cm³/mol. The maximum Gasteiger partial charge on any atom is 0.495 e. The monoisotopic (exact) mass is 263 g/mol. The van der Waals surface area contributed by atoms with Gasteiger partial charge in [0.1, 0.15) is 5.82 Å². The maximum atomic E-state index is 6.06. The number of nitrogens with two attached hydrogens (primary N) is 1. The first-order chi connectivity index (χ1) is 8.77. The molecule has 0 bridgehead atoms. The number of nitrogen functional groups attached to an aromatic ring is 1. The number of hydrogen-bond donors (Lipinski definition) is 2. The molecule has 0 spiro atoms. The summed E-state index contributed by atoms with van der Waals surface area (Å²) in [6.07, 6.45) is 1.77. The van der Waals surface area contributed by atoms with E-state index in [1.54, 1.807) is 6.20 Å². The fraction of sp³-hybridized carbons (Fsp3) is 0.615. The van der Waals surface area contributed by atoms with Crippen LogP contribution < -0.4 is 16.5 Å². The zero-order valence-electron chi connectivity index (χ0n) is 12.3. The van der Waals surface area contributed by atoms with Crippen LogP contribution in [0.4, 0.5) is 5.82 Å². The molecule has 0 unspecified atom stereocenters. The molecule has 0 aliphatic carbocycles. The molecule has 0 atom stereocenters. The Morgan fingerprint density at radius 3 is 2.37 bits per heavy atom. The van der Waals surface area contributed by atoms with Crippen molar-refractivity contribution in [2.75, 3.05) is 12.8 Å². The Hall–Kier alpha value is -1.11.